The summed E-state index contributed by atoms with van der Waals surface area (Å²) in [6, 6.07) is 6.47. The predicted octanol–water partition coefficient (Wildman–Crippen LogP) is 3.30. The van der Waals surface area contributed by atoms with E-state index in [2.05, 4.69) is 25.2 Å². The molecule has 116 valence electrons. The Labute approximate surface area is 128 Å². The molecule has 1 fully saturated rings. The minimum Gasteiger partial charge on any atom is -0.337 e. The summed E-state index contributed by atoms with van der Waals surface area (Å²) in [7, 11) is 0. The molecule has 2 rings (SSSR count). The van der Waals surface area contributed by atoms with Gasteiger partial charge in [-0.05, 0) is 56.8 Å². The van der Waals surface area contributed by atoms with Crippen LogP contribution >= 0.6 is 0 Å². The Morgan fingerprint density at radius 1 is 1.33 bits per heavy atom. The average molecular weight is 288 g/mol. The fraction of sp³-hybridized carbons (Fsp3) is 0.611. The Kier molecular flexibility index (Phi) is 5.80. The molecule has 1 aliphatic heterocycles. The minimum atomic E-state index is 0.186. The molecule has 1 aromatic carbocycles. The number of piperidine rings is 1. The lowest BCUT2D eigenvalue weighted by molar-refractivity contribution is 0.0731. The van der Waals surface area contributed by atoms with Gasteiger partial charge >= 0.3 is 0 Å². The van der Waals surface area contributed by atoms with Gasteiger partial charge in [-0.25, -0.2) is 0 Å². The second kappa shape index (κ2) is 7.60. The Balaban J connectivity index is 2.12. The highest BCUT2D eigenvalue weighted by Crippen LogP contribution is 2.17. The van der Waals surface area contributed by atoms with Crippen LogP contribution in [-0.4, -0.2) is 36.5 Å². The first kappa shape index (κ1) is 16.0. The van der Waals surface area contributed by atoms with Gasteiger partial charge < -0.3 is 10.2 Å². The molecular weight excluding hydrogens is 260 g/mol. The fourth-order valence-electron chi connectivity index (χ4n) is 3.04. The summed E-state index contributed by atoms with van der Waals surface area (Å²) in [5.74, 6) is 0.186. The number of carbonyl (C=O) groups excluding carboxylic acids is 1. The van der Waals surface area contributed by atoms with E-state index in [1.807, 2.05) is 24.0 Å². The van der Waals surface area contributed by atoms with Crippen LogP contribution < -0.4 is 5.32 Å². The number of amides is 1. The zero-order chi connectivity index (χ0) is 15.2. The predicted molar refractivity (Wildman–Crippen MR) is 87.8 cm³/mol. The highest BCUT2D eigenvalue weighted by Gasteiger charge is 2.22. The normalized spacial score (nSPS) is 18.5. The van der Waals surface area contributed by atoms with E-state index in [4.69, 9.17) is 0 Å². The molecule has 1 N–H and O–H groups in total. The largest absolute Gasteiger partial charge is 0.337 e. The number of aryl methyl sites for hydroxylation is 1. The average Bonchev–Trinajstić information content (AvgIpc) is 2.50. The molecule has 0 radical (unpaired) electrons. The van der Waals surface area contributed by atoms with Gasteiger partial charge in [0, 0.05) is 24.7 Å². The van der Waals surface area contributed by atoms with Crippen LogP contribution in [0.25, 0.3) is 0 Å². The van der Waals surface area contributed by atoms with Crippen LogP contribution in [0, 0.1) is 13.8 Å². The Morgan fingerprint density at radius 2 is 2.14 bits per heavy atom. The molecule has 0 bridgehead atoms. The summed E-state index contributed by atoms with van der Waals surface area (Å²) >= 11 is 0. The first-order valence-corrected chi connectivity index (χ1v) is 8.22. The van der Waals surface area contributed by atoms with Crippen molar-refractivity contribution in [2.24, 2.45) is 0 Å². The first-order chi connectivity index (χ1) is 10.1. The molecular formula is C18H28N2O. The lowest BCUT2D eigenvalue weighted by atomic mass is 10.0. The van der Waals surface area contributed by atoms with Gasteiger partial charge in [0.15, 0.2) is 0 Å². The second-order valence-corrected chi connectivity index (χ2v) is 6.15. The van der Waals surface area contributed by atoms with Crippen molar-refractivity contribution in [2.45, 2.75) is 52.5 Å². The van der Waals surface area contributed by atoms with Crippen molar-refractivity contribution >= 4 is 5.91 Å². The van der Waals surface area contributed by atoms with Crippen LogP contribution in [-0.2, 0) is 0 Å². The third-order valence-corrected chi connectivity index (χ3v) is 4.47. The molecule has 0 saturated carbocycles. The minimum absolute atomic E-state index is 0.186. The summed E-state index contributed by atoms with van der Waals surface area (Å²) in [5, 5.41) is 3.55. The number of benzene rings is 1. The molecule has 1 amide bonds. The zero-order valence-corrected chi connectivity index (χ0v) is 13.6. The molecule has 0 aliphatic carbocycles. The van der Waals surface area contributed by atoms with E-state index in [9.17, 15) is 4.79 Å². The summed E-state index contributed by atoms with van der Waals surface area (Å²) in [6.07, 6.45) is 4.72. The molecule has 1 saturated heterocycles. The Bertz CT molecular complexity index is 478. The molecule has 0 aromatic heterocycles. The van der Waals surface area contributed by atoms with Crippen molar-refractivity contribution in [1.82, 2.24) is 10.2 Å². The SMILES string of the molecule is CCCN(CC1CCCCN1)C(=O)c1cccc(C)c1C. The van der Waals surface area contributed by atoms with Gasteiger partial charge in [0.05, 0.1) is 0 Å². The maximum atomic E-state index is 12.9. The molecule has 1 aliphatic rings. The summed E-state index contributed by atoms with van der Waals surface area (Å²) in [4.78, 5) is 14.9. The van der Waals surface area contributed by atoms with Crippen molar-refractivity contribution in [3.8, 4) is 0 Å². The third-order valence-electron chi connectivity index (χ3n) is 4.47. The van der Waals surface area contributed by atoms with E-state index in [1.54, 1.807) is 0 Å². The number of hydrogen-bond donors (Lipinski definition) is 1. The van der Waals surface area contributed by atoms with Gasteiger partial charge in [-0.1, -0.05) is 25.5 Å². The van der Waals surface area contributed by atoms with E-state index in [0.717, 1.165) is 37.2 Å². The van der Waals surface area contributed by atoms with Crippen LogP contribution in [0.4, 0.5) is 0 Å². The molecule has 0 spiro atoms. The zero-order valence-electron chi connectivity index (χ0n) is 13.6. The number of nitrogens with zero attached hydrogens (tertiary/aromatic N) is 1. The van der Waals surface area contributed by atoms with Crippen molar-refractivity contribution in [3.63, 3.8) is 0 Å². The number of carbonyl (C=O) groups is 1. The lowest BCUT2D eigenvalue weighted by Gasteiger charge is -2.31. The van der Waals surface area contributed by atoms with Gasteiger partial charge in [-0.15, -0.1) is 0 Å². The van der Waals surface area contributed by atoms with Gasteiger partial charge in [-0.2, -0.15) is 0 Å². The van der Waals surface area contributed by atoms with E-state index >= 15 is 0 Å². The quantitative estimate of drug-likeness (QED) is 0.901. The van der Waals surface area contributed by atoms with Crippen molar-refractivity contribution in [1.29, 1.82) is 0 Å². The van der Waals surface area contributed by atoms with Crippen molar-refractivity contribution in [2.75, 3.05) is 19.6 Å². The summed E-state index contributed by atoms with van der Waals surface area (Å²) in [5.41, 5.74) is 3.16. The maximum Gasteiger partial charge on any atom is 0.254 e. The molecule has 21 heavy (non-hydrogen) atoms. The van der Waals surface area contributed by atoms with Crippen LogP contribution in [0.3, 0.4) is 0 Å². The molecule has 1 aromatic rings. The second-order valence-electron chi connectivity index (χ2n) is 6.15. The summed E-state index contributed by atoms with van der Waals surface area (Å²) in [6.45, 7) is 9.01. The lowest BCUT2D eigenvalue weighted by Crippen LogP contribution is -2.46. The van der Waals surface area contributed by atoms with Gasteiger partial charge in [0.25, 0.3) is 5.91 Å². The van der Waals surface area contributed by atoms with Crippen molar-refractivity contribution < 1.29 is 4.79 Å². The molecule has 1 heterocycles. The standard InChI is InChI=1S/C18H28N2O/c1-4-12-20(13-16-9-5-6-11-19-16)18(21)17-10-7-8-14(2)15(17)3/h7-8,10,16,19H,4-6,9,11-13H2,1-3H3. The van der Waals surface area contributed by atoms with E-state index in [1.165, 1.54) is 24.8 Å². The van der Waals surface area contributed by atoms with Crippen molar-refractivity contribution in [3.05, 3.63) is 34.9 Å². The van der Waals surface area contributed by atoms with E-state index < -0.39 is 0 Å². The van der Waals surface area contributed by atoms with Gasteiger partial charge in [0.2, 0.25) is 0 Å². The van der Waals surface area contributed by atoms with Crippen LogP contribution in [0.5, 0.6) is 0 Å². The molecule has 3 nitrogen and oxygen atoms in total. The topological polar surface area (TPSA) is 32.3 Å². The highest BCUT2D eigenvalue weighted by molar-refractivity contribution is 5.96. The van der Waals surface area contributed by atoms with Crippen LogP contribution in [0.2, 0.25) is 0 Å². The Hall–Kier alpha value is -1.35. The van der Waals surface area contributed by atoms with Gasteiger partial charge in [0.1, 0.15) is 0 Å². The number of rotatable bonds is 5. The molecule has 3 heteroatoms. The highest BCUT2D eigenvalue weighted by atomic mass is 16.2. The molecule has 1 unspecified atom stereocenters. The van der Waals surface area contributed by atoms with Crippen LogP contribution in [0.1, 0.15) is 54.1 Å². The first-order valence-electron chi connectivity index (χ1n) is 8.22. The van der Waals surface area contributed by atoms with E-state index in [0.29, 0.717) is 6.04 Å². The fourth-order valence-corrected chi connectivity index (χ4v) is 3.04. The maximum absolute atomic E-state index is 12.9. The van der Waals surface area contributed by atoms with Gasteiger partial charge in [-0.3, -0.25) is 4.79 Å². The molecule has 1 atom stereocenters. The smallest absolute Gasteiger partial charge is 0.254 e. The summed E-state index contributed by atoms with van der Waals surface area (Å²) < 4.78 is 0. The third kappa shape index (κ3) is 4.07. The Morgan fingerprint density at radius 3 is 2.81 bits per heavy atom. The van der Waals surface area contributed by atoms with Crippen LogP contribution in [0.15, 0.2) is 18.2 Å². The monoisotopic (exact) mass is 288 g/mol. The number of hydrogen-bond acceptors (Lipinski definition) is 2. The van der Waals surface area contributed by atoms with E-state index in [-0.39, 0.29) is 5.91 Å². The number of nitrogens with one attached hydrogen (secondary N) is 1.